The largest absolute Gasteiger partial charge is 0.395 e. The normalized spacial score (nSPS) is 10.6. The number of nitrogen functional groups attached to an aromatic ring is 1. The van der Waals surface area contributed by atoms with Gasteiger partial charge in [-0.3, -0.25) is 4.79 Å². The molecule has 5 nitrogen and oxygen atoms in total. The minimum absolute atomic E-state index is 0.0781. The SMILES string of the molecule is CN(CCO)C(=O)c1cc2ccccc2c(N)n1. The fraction of sp³-hybridized carbons (Fsp3) is 0.231. The number of anilines is 1. The number of nitrogens with zero attached hydrogens (tertiary/aromatic N) is 2. The number of carbonyl (C=O) groups excluding carboxylic acids is 1. The number of nitrogens with two attached hydrogens (primary N) is 1. The quantitative estimate of drug-likeness (QED) is 0.841. The molecule has 0 unspecified atom stereocenters. The molecule has 5 heteroatoms. The molecule has 1 aromatic heterocycles. The van der Waals surface area contributed by atoms with E-state index in [0.29, 0.717) is 11.5 Å². The van der Waals surface area contributed by atoms with Crippen molar-refractivity contribution in [3.05, 3.63) is 36.0 Å². The number of likely N-dealkylation sites (N-methyl/N-ethyl adjacent to an activating group) is 1. The van der Waals surface area contributed by atoms with E-state index in [1.165, 1.54) is 4.90 Å². The standard InChI is InChI=1S/C13H15N3O2/c1-16(6-7-17)13(18)11-8-9-4-2-3-5-10(9)12(14)15-11/h2-5,8,17H,6-7H2,1H3,(H2,14,15). The summed E-state index contributed by atoms with van der Waals surface area (Å²) < 4.78 is 0. The fourth-order valence-corrected chi connectivity index (χ4v) is 1.78. The molecule has 0 spiro atoms. The second kappa shape index (κ2) is 5.01. The van der Waals surface area contributed by atoms with Crippen molar-refractivity contribution in [1.29, 1.82) is 0 Å². The lowest BCUT2D eigenvalue weighted by Crippen LogP contribution is -2.30. The molecule has 94 valence electrons. The summed E-state index contributed by atoms with van der Waals surface area (Å²) in [5, 5.41) is 10.5. The van der Waals surface area contributed by atoms with Crippen LogP contribution in [0, 0.1) is 0 Å². The Labute approximate surface area is 105 Å². The lowest BCUT2D eigenvalue weighted by atomic mass is 10.1. The molecule has 0 fully saturated rings. The number of amides is 1. The summed E-state index contributed by atoms with van der Waals surface area (Å²) in [6.45, 7) is 0.193. The smallest absolute Gasteiger partial charge is 0.272 e. The Kier molecular flexibility index (Phi) is 3.43. The first-order valence-corrected chi connectivity index (χ1v) is 5.65. The summed E-state index contributed by atoms with van der Waals surface area (Å²) in [4.78, 5) is 17.6. The van der Waals surface area contributed by atoms with Gasteiger partial charge in [-0.1, -0.05) is 24.3 Å². The number of hydrogen-bond acceptors (Lipinski definition) is 4. The zero-order valence-corrected chi connectivity index (χ0v) is 10.1. The fourth-order valence-electron chi connectivity index (χ4n) is 1.78. The van der Waals surface area contributed by atoms with Crippen LogP contribution in [0.3, 0.4) is 0 Å². The Morgan fingerprint density at radius 1 is 1.44 bits per heavy atom. The zero-order valence-electron chi connectivity index (χ0n) is 10.1. The average Bonchev–Trinajstić information content (AvgIpc) is 2.38. The van der Waals surface area contributed by atoms with Crippen molar-refractivity contribution in [3.8, 4) is 0 Å². The molecule has 0 bridgehead atoms. The van der Waals surface area contributed by atoms with Crippen molar-refractivity contribution >= 4 is 22.5 Å². The zero-order chi connectivity index (χ0) is 13.1. The van der Waals surface area contributed by atoms with Crippen molar-refractivity contribution in [1.82, 2.24) is 9.88 Å². The van der Waals surface area contributed by atoms with Gasteiger partial charge in [0.1, 0.15) is 11.5 Å². The van der Waals surface area contributed by atoms with Crippen molar-refractivity contribution in [2.75, 3.05) is 25.9 Å². The molecule has 2 rings (SSSR count). The van der Waals surface area contributed by atoms with E-state index >= 15 is 0 Å². The summed E-state index contributed by atoms with van der Waals surface area (Å²) in [5.41, 5.74) is 6.13. The monoisotopic (exact) mass is 245 g/mol. The van der Waals surface area contributed by atoms with E-state index < -0.39 is 0 Å². The number of fused-ring (bicyclic) bond motifs is 1. The predicted molar refractivity (Wildman–Crippen MR) is 70.2 cm³/mol. The number of pyridine rings is 1. The number of carbonyl (C=O) groups is 1. The van der Waals surface area contributed by atoms with Crippen LogP contribution in [0.1, 0.15) is 10.5 Å². The molecule has 0 saturated carbocycles. The minimum atomic E-state index is -0.249. The van der Waals surface area contributed by atoms with Gasteiger partial charge in [-0.15, -0.1) is 0 Å². The number of aliphatic hydroxyl groups excluding tert-OH is 1. The van der Waals surface area contributed by atoms with E-state index in [2.05, 4.69) is 4.98 Å². The number of aromatic nitrogens is 1. The van der Waals surface area contributed by atoms with Crippen LogP contribution >= 0.6 is 0 Å². The highest BCUT2D eigenvalue weighted by Gasteiger charge is 2.14. The molecular weight excluding hydrogens is 230 g/mol. The van der Waals surface area contributed by atoms with E-state index in [1.54, 1.807) is 13.1 Å². The third-order valence-electron chi connectivity index (χ3n) is 2.77. The van der Waals surface area contributed by atoms with Crippen molar-refractivity contribution < 1.29 is 9.90 Å². The molecule has 1 amide bonds. The Morgan fingerprint density at radius 2 is 2.17 bits per heavy atom. The van der Waals surface area contributed by atoms with Crippen LogP contribution in [0.15, 0.2) is 30.3 Å². The lowest BCUT2D eigenvalue weighted by molar-refractivity contribution is 0.0761. The third kappa shape index (κ3) is 2.26. The number of benzene rings is 1. The van der Waals surface area contributed by atoms with Gasteiger partial charge in [0.2, 0.25) is 0 Å². The lowest BCUT2D eigenvalue weighted by Gasteiger charge is -2.15. The van der Waals surface area contributed by atoms with Crippen LogP contribution in [0.4, 0.5) is 5.82 Å². The summed E-state index contributed by atoms with van der Waals surface area (Å²) in [6, 6.07) is 9.22. The van der Waals surface area contributed by atoms with Gasteiger partial charge in [-0.05, 0) is 11.5 Å². The second-order valence-corrected chi connectivity index (χ2v) is 4.06. The van der Waals surface area contributed by atoms with Gasteiger partial charge in [0.25, 0.3) is 5.91 Å². The summed E-state index contributed by atoms with van der Waals surface area (Å²) in [6.07, 6.45) is 0. The number of aliphatic hydroxyl groups is 1. The Hall–Kier alpha value is -2.14. The number of rotatable bonds is 3. The van der Waals surface area contributed by atoms with E-state index in [9.17, 15) is 4.79 Å². The molecule has 2 aromatic rings. The van der Waals surface area contributed by atoms with E-state index in [-0.39, 0.29) is 19.1 Å². The van der Waals surface area contributed by atoms with Crippen LogP contribution < -0.4 is 5.73 Å². The maximum Gasteiger partial charge on any atom is 0.272 e. The number of hydrogen-bond donors (Lipinski definition) is 2. The maximum atomic E-state index is 12.0. The van der Waals surface area contributed by atoms with Gasteiger partial charge in [0.15, 0.2) is 0 Å². The molecular formula is C13H15N3O2. The highest BCUT2D eigenvalue weighted by Crippen LogP contribution is 2.20. The molecule has 18 heavy (non-hydrogen) atoms. The van der Waals surface area contributed by atoms with Crippen LogP contribution in [0.2, 0.25) is 0 Å². The highest BCUT2D eigenvalue weighted by atomic mass is 16.3. The molecule has 1 aromatic carbocycles. The van der Waals surface area contributed by atoms with Crippen LogP contribution in [-0.4, -0.2) is 41.1 Å². The third-order valence-corrected chi connectivity index (χ3v) is 2.77. The van der Waals surface area contributed by atoms with E-state index in [4.69, 9.17) is 10.8 Å². The molecule has 0 saturated heterocycles. The van der Waals surface area contributed by atoms with Gasteiger partial charge in [-0.2, -0.15) is 0 Å². The minimum Gasteiger partial charge on any atom is -0.395 e. The first-order chi connectivity index (χ1) is 8.63. The van der Waals surface area contributed by atoms with Gasteiger partial charge < -0.3 is 15.7 Å². The molecule has 1 heterocycles. The summed E-state index contributed by atoms with van der Waals surface area (Å²) in [7, 11) is 1.62. The van der Waals surface area contributed by atoms with E-state index in [0.717, 1.165) is 10.8 Å². The molecule has 3 N–H and O–H groups in total. The van der Waals surface area contributed by atoms with Crippen molar-refractivity contribution in [2.45, 2.75) is 0 Å². The van der Waals surface area contributed by atoms with Gasteiger partial charge in [0, 0.05) is 19.0 Å². The van der Waals surface area contributed by atoms with Crippen LogP contribution in [0.25, 0.3) is 10.8 Å². The molecule has 0 aliphatic heterocycles. The molecule has 0 atom stereocenters. The average molecular weight is 245 g/mol. The van der Waals surface area contributed by atoms with Crippen LogP contribution in [-0.2, 0) is 0 Å². The van der Waals surface area contributed by atoms with Gasteiger partial charge in [0.05, 0.1) is 6.61 Å². The Morgan fingerprint density at radius 3 is 2.89 bits per heavy atom. The summed E-state index contributed by atoms with van der Waals surface area (Å²) >= 11 is 0. The summed E-state index contributed by atoms with van der Waals surface area (Å²) in [5.74, 6) is 0.0929. The van der Waals surface area contributed by atoms with Crippen molar-refractivity contribution in [3.63, 3.8) is 0 Å². The molecule has 0 aliphatic rings. The second-order valence-electron chi connectivity index (χ2n) is 4.06. The Balaban J connectivity index is 2.43. The van der Waals surface area contributed by atoms with Gasteiger partial charge in [-0.25, -0.2) is 4.98 Å². The topological polar surface area (TPSA) is 79.5 Å². The molecule has 0 radical (unpaired) electrons. The van der Waals surface area contributed by atoms with Crippen LogP contribution in [0.5, 0.6) is 0 Å². The van der Waals surface area contributed by atoms with Crippen molar-refractivity contribution in [2.24, 2.45) is 0 Å². The highest BCUT2D eigenvalue weighted by molar-refractivity contribution is 5.99. The Bertz CT molecular complexity index is 583. The molecule has 0 aliphatic carbocycles. The first-order valence-electron chi connectivity index (χ1n) is 5.65. The van der Waals surface area contributed by atoms with Gasteiger partial charge >= 0.3 is 0 Å². The maximum absolute atomic E-state index is 12.0. The first kappa shape index (κ1) is 12.3. The predicted octanol–water partition coefficient (Wildman–Crippen LogP) is 0.881. The van der Waals surface area contributed by atoms with E-state index in [1.807, 2.05) is 24.3 Å².